The van der Waals surface area contributed by atoms with E-state index in [9.17, 15) is 18.5 Å². The van der Waals surface area contributed by atoms with Crippen LogP contribution in [-0.2, 0) is 10.0 Å². The minimum absolute atomic E-state index is 0.125. The second kappa shape index (κ2) is 6.98. The zero-order valence-electron chi connectivity index (χ0n) is 10.8. The molecule has 0 aliphatic carbocycles. The van der Waals surface area contributed by atoms with Crippen LogP contribution in [0.25, 0.3) is 0 Å². The lowest BCUT2D eigenvalue weighted by atomic mass is 10.3. The van der Waals surface area contributed by atoms with Gasteiger partial charge in [-0.15, -0.1) is 0 Å². The van der Waals surface area contributed by atoms with Gasteiger partial charge in [-0.1, -0.05) is 18.5 Å². The molecule has 1 aromatic carbocycles. The molecule has 0 fully saturated rings. The SMILES string of the molecule is CCN(CCCO)S(=O)(=O)c1ccc([N+](=O)[O-])cc1Cl. The van der Waals surface area contributed by atoms with Crippen LogP contribution in [0.5, 0.6) is 0 Å². The van der Waals surface area contributed by atoms with Crippen LogP contribution in [-0.4, -0.2) is 42.4 Å². The second-order valence-corrected chi connectivity index (χ2v) is 6.26. The van der Waals surface area contributed by atoms with Crippen LogP contribution in [0.1, 0.15) is 13.3 Å². The maximum atomic E-state index is 12.4. The van der Waals surface area contributed by atoms with Gasteiger partial charge in [-0.3, -0.25) is 10.1 Å². The standard InChI is InChI=1S/C11H15ClN2O5S/c1-2-13(6-3-7-15)20(18,19)11-5-4-9(14(16)17)8-10(11)12/h4-5,8,15H,2-3,6-7H2,1H3. The maximum absolute atomic E-state index is 12.4. The highest BCUT2D eigenvalue weighted by Gasteiger charge is 2.26. The summed E-state index contributed by atoms with van der Waals surface area (Å²) in [6, 6.07) is 3.23. The van der Waals surface area contributed by atoms with Crippen molar-refractivity contribution in [2.75, 3.05) is 19.7 Å². The molecule has 0 atom stereocenters. The van der Waals surface area contributed by atoms with Crippen LogP contribution in [0.15, 0.2) is 23.1 Å². The van der Waals surface area contributed by atoms with Crippen LogP contribution in [0.2, 0.25) is 5.02 Å². The number of halogens is 1. The smallest absolute Gasteiger partial charge is 0.271 e. The number of hydrogen-bond donors (Lipinski definition) is 1. The Kier molecular flexibility index (Phi) is 5.88. The van der Waals surface area contributed by atoms with Gasteiger partial charge in [0.2, 0.25) is 10.0 Å². The van der Waals surface area contributed by atoms with E-state index >= 15 is 0 Å². The highest BCUT2D eigenvalue weighted by Crippen LogP contribution is 2.28. The molecule has 1 aromatic rings. The number of aliphatic hydroxyl groups is 1. The largest absolute Gasteiger partial charge is 0.396 e. The van der Waals surface area contributed by atoms with Gasteiger partial charge in [0.05, 0.1) is 9.95 Å². The van der Waals surface area contributed by atoms with Crippen molar-refractivity contribution in [1.29, 1.82) is 0 Å². The number of sulfonamides is 1. The van der Waals surface area contributed by atoms with Crippen molar-refractivity contribution in [2.24, 2.45) is 0 Å². The number of non-ortho nitro benzene ring substituents is 1. The highest BCUT2D eigenvalue weighted by molar-refractivity contribution is 7.89. The first-order valence-corrected chi connectivity index (χ1v) is 7.71. The van der Waals surface area contributed by atoms with Crippen LogP contribution in [0, 0.1) is 10.1 Å². The molecule has 0 spiro atoms. The van der Waals surface area contributed by atoms with E-state index in [0.29, 0.717) is 6.42 Å². The van der Waals surface area contributed by atoms with E-state index < -0.39 is 14.9 Å². The zero-order valence-corrected chi connectivity index (χ0v) is 12.4. The molecule has 20 heavy (non-hydrogen) atoms. The van der Waals surface area contributed by atoms with E-state index in [1.807, 2.05) is 0 Å². The van der Waals surface area contributed by atoms with Crippen molar-refractivity contribution in [2.45, 2.75) is 18.2 Å². The van der Waals surface area contributed by atoms with E-state index in [2.05, 4.69) is 0 Å². The third kappa shape index (κ3) is 3.66. The number of rotatable bonds is 7. The minimum atomic E-state index is -3.83. The molecule has 0 aliphatic rings. The summed E-state index contributed by atoms with van der Waals surface area (Å²) < 4.78 is 25.9. The maximum Gasteiger partial charge on any atom is 0.271 e. The fourth-order valence-corrected chi connectivity index (χ4v) is 3.65. The normalized spacial score (nSPS) is 11.8. The number of aliphatic hydroxyl groups excluding tert-OH is 1. The molecule has 0 aromatic heterocycles. The third-order valence-electron chi connectivity index (χ3n) is 2.66. The molecule has 0 aliphatic heterocycles. The molecule has 0 heterocycles. The molecule has 7 nitrogen and oxygen atoms in total. The van der Waals surface area contributed by atoms with Gasteiger partial charge in [-0.05, 0) is 12.5 Å². The molecule has 112 valence electrons. The summed E-state index contributed by atoms with van der Waals surface area (Å²) in [6.07, 6.45) is 0.303. The molecule has 0 radical (unpaired) electrons. The van der Waals surface area contributed by atoms with E-state index in [4.69, 9.17) is 16.7 Å². The van der Waals surface area contributed by atoms with Gasteiger partial charge < -0.3 is 5.11 Å². The van der Waals surface area contributed by atoms with Gasteiger partial charge in [0.15, 0.2) is 0 Å². The Hall–Kier alpha value is -1.22. The van der Waals surface area contributed by atoms with Crippen molar-refractivity contribution in [3.05, 3.63) is 33.3 Å². The predicted molar refractivity (Wildman–Crippen MR) is 74.2 cm³/mol. The summed E-state index contributed by atoms with van der Waals surface area (Å²) in [5, 5.41) is 19.2. The van der Waals surface area contributed by atoms with Gasteiger partial charge in [-0.2, -0.15) is 4.31 Å². The van der Waals surface area contributed by atoms with Crippen LogP contribution >= 0.6 is 11.6 Å². The fourth-order valence-electron chi connectivity index (χ4n) is 1.65. The Bertz CT molecular complexity index is 590. The molecule has 0 saturated carbocycles. The Labute approximate surface area is 122 Å². The quantitative estimate of drug-likeness (QED) is 0.607. The fraction of sp³-hybridized carbons (Fsp3) is 0.455. The van der Waals surface area contributed by atoms with Gasteiger partial charge in [0.1, 0.15) is 4.90 Å². The highest BCUT2D eigenvalue weighted by atomic mass is 35.5. The lowest BCUT2D eigenvalue weighted by molar-refractivity contribution is -0.384. The predicted octanol–water partition coefficient (Wildman–Crippen LogP) is 1.64. The summed E-state index contributed by atoms with van der Waals surface area (Å²) >= 11 is 5.83. The lowest BCUT2D eigenvalue weighted by Crippen LogP contribution is -2.32. The molecule has 0 saturated heterocycles. The Morgan fingerprint density at radius 1 is 1.45 bits per heavy atom. The third-order valence-corrected chi connectivity index (χ3v) is 5.12. The van der Waals surface area contributed by atoms with E-state index in [-0.39, 0.29) is 35.3 Å². The average Bonchev–Trinajstić information content (AvgIpc) is 2.38. The van der Waals surface area contributed by atoms with Crippen molar-refractivity contribution < 1.29 is 18.4 Å². The molecule has 0 amide bonds. The van der Waals surface area contributed by atoms with Crippen molar-refractivity contribution in [3.63, 3.8) is 0 Å². The van der Waals surface area contributed by atoms with E-state index in [0.717, 1.165) is 22.5 Å². The summed E-state index contributed by atoms with van der Waals surface area (Å²) in [4.78, 5) is 9.78. The van der Waals surface area contributed by atoms with E-state index in [1.165, 1.54) is 0 Å². The second-order valence-electron chi connectivity index (χ2n) is 3.95. The van der Waals surface area contributed by atoms with Crippen molar-refractivity contribution >= 4 is 27.3 Å². The van der Waals surface area contributed by atoms with Crippen molar-refractivity contribution in [3.8, 4) is 0 Å². The average molecular weight is 323 g/mol. The first-order valence-electron chi connectivity index (χ1n) is 5.89. The molecular weight excluding hydrogens is 308 g/mol. The molecule has 1 N–H and O–H groups in total. The lowest BCUT2D eigenvalue weighted by Gasteiger charge is -2.20. The van der Waals surface area contributed by atoms with Gasteiger partial charge >= 0.3 is 0 Å². The van der Waals surface area contributed by atoms with Crippen molar-refractivity contribution in [1.82, 2.24) is 4.31 Å². The summed E-state index contributed by atoms with van der Waals surface area (Å²) in [7, 11) is -3.83. The topological polar surface area (TPSA) is 101 Å². The number of nitro benzene ring substituents is 1. The first-order chi connectivity index (χ1) is 9.34. The zero-order chi connectivity index (χ0) is 15.3. The number of hydrogen-bond acceptors (Lipinski definition) is 5. The van der Waals surface area contributed by atoms with Gasteiger partial charge in [-0.25, -0.2) is 8.42 Å². The first kappa shape index (κ1) is 16.8. The monoisotopic (exact) mass is 322 g/mol. The van der Waals surface area contributed by atoms with E-state index in [1.54, 1.807) is 6.92 Å². The Morgan fingerprint density at radius 3 is 2.55 bits per heavy atom. The number of nitro groups is 1. The molecular formula is C11H15ClN2O5S. The van der Waals surface area contributed by atoms with Gasteiger partial charge in [0.25, 0.3) is 5.69 Å². The molecule has 9 heteroatoms. The Balaban J connectivity index is 3.17. The number of nitrogens with zero attached hydrogens (tertiary/aromatic N) is 2. The van der Waals surface area contributed by atoms with Crippen LogP contribution in [0.4, 0.5) is 5.69 Å². The Morgan fingerprint density at radius 2 is 2.10 bits per heavy atom. The van der Waals surface area contributed by atoms with Crippen LogP contribution < -0.4 is 0 Å². The summed E-state index contributed by atoms with van der Waals surface area (Å²) in [5.41, 5.74) is -0.271. The molecule has 1 rings (SSSR count). The molecule has 0 unspecified atom stereocenters. The minimum Gasteiger partial charge on any atom is -0.396 e. The number of benzene rings is 1. The summed E-state index contributed by atoms with van der Waals surface area (Å²) in [5.74, 6) is 0. The van der Waals surface area contributed by atoms with Gasteiger partial charge in [0, 0.05) is 31.8 Å². The molecule has 0 bridgehead atoms. The van der Waals surface area contributed by atoms with Crippen LogP contribution in [0.3, 0.4) is 0 Å². The summed E-state index contributed by atoms with van der Waals surface area (Å²) in [6.45, 7) is 1.91.